The molecule has 1 aliphatic heterocycles. The van der Waals surface area contributed by atoms with Crippen molar-refractivity contribution >= 4 is 5.97 Å². The second kappa shape index (κ2) is 5.91. The average Bonchev–Trinajstić information content (AvgIpc) is 2.60. The van der Waals surface area contributed by atoms with E-state index in [-0.39, 0.29) is 13.1 Å². The van der Waals surface area contributed by atoms with Crippen molar-refractivity contribution in [2.24, 2.45) is 17.8 Å². The fourth-order valence-corrected chi connectivity index (χ4v) is 2.37. The van der Waals surface area contributed by atoms with Gasteiger partial charge in [0.2, 0.25) is 0 Å². The highest BCUT2D eigenvalue weighted by Crippen LogP contribution is 2.37. The van der Waals surface area contributed by atoms with Gasteiger partial charge in [-0.15, -0.1) is 0 Å². The summed E-state index contributed by atoms with van der Waals surface area (Å²) in [6.45, 7) is 4.50. The van der Waals surface area contributed by atoms with Crippen LogP contribution in [-0.2, 0) is 4.79 Å². The fourth-order valence-electron chi connectivity index (χ4n) is 2.37. The molecular weight excluding hydrogens is 247 g/mol. The Morgan fingerprint density at radius 1 is 1.39 bits per heavy atom. The van der Waals surface area contributed by atoms with E-state index in [0.717, 1.165) is 12.8 Å². The van der Waals surface area contributed by atoms with Gasteiger partial charge in [-0.25, -0.2) is 0 Å². The molecule has 1 fully saturated rings. The fraction of sp³-hybridized carbons (Fsp3) is 0.917. The number of aliphatic carboxylic acids is 1. The largest absolute Gasteiger partial charge is 0.481 e. The third kappa shape index (κ3) is 4.15. The summed E-state index contributed by atoms with van der Waals surface area (Å²) in [5.41, 5.74) is 0. The third-order valence-corrected chi connectivity index (χ3v) is 3.39. The number of nitrogens with zero attached hydrogens (tertiary/aromatic N) is 1. The first-order valence-electron chi connectivity index (χ1n) is 6.23. The molecule has 0 spiro atoms. The summed E-state index contributed by atoms with van der Waals surface area (Å²) in [5.74, 6) is -3.87. The summed E-state index contributed by atoms with van der Waals surface area (Å²) in [6.07, 6.45) is -2.66. The SMILES string of the molecule is CC(C)CCCN1C[C@@H](C(F)(F)F)[C@H](C(=O)O)C1. The van der Waals surface area contributed by atoms with Gasteiger partial charge < -0.3 is 10.0 Å². The van der Waals surface area contributed by atoms with Crippen LogP contribution in [0, 0.1) is 17.8 Å². The number of carboxylic acids is 1. The van der Waals surface area contributed by atoms with E-state index < -0.39 is 24.0 Å². The molecule has 1 saturated heterocycles. The maximum Gasteiger partial charge on any atom is 0.393 e. The van der Waals surface area contributed by atoms with Crippen LogP contribution < -0.4 is 0 Å². The van der Waals surface area contributed by atoms with Crippen molar-refractivity contribution < 1.29 is 23.1 Å². The van der Waals surface area contributed by atoms with E-state index in [2.05, 4.69) is 13.8 Å². The van der Waals surface area contributed by atoms with Crippen molar-refractivity contribution in [1.29, 1.82) is 0 Å². The van der Waals surface area contributed by atoms with E-state index in [1.165, 1.54) is 0 Å². The molecule has 1 aliphatic rings. The van der Waals surface area contributed by atoms with Crippen molar-refractivity contribution in [2.75, 3.05) is 19.6 Å². The first kappa shape index (κ1) is 15.3. The number of rotatable bonds is 5. The molecule has 6 heteroatoms. The van der Waals surface area contributed by atoms with E-state index in [1.54, 1.807) is 4.90 Å². The lowest BCUT2D eigenvalue weighted by atomic mass is 9.96. The summed E-state index contributed by atoms with van der Waals surface area (Å²) in [7, 11) is 0. The lowest BCUT2D eigenvalue weighted by Crippen LogP contribution is -2.33. The summed E-state index contributed by atoms with van der Waals surface area (Å²) in [5, 5.41) is 8.85. The summed E-state index contributed by atoms with van der Waals surface area (Å²) < 4.78 is 38.1. The number of halogens is 3. The number of carboxylic acid groups (broad SMARTS) is 1. The van der Waals surface area contributed by atoms with Gasteiger partial charge in [-0.1, -0.05) is 13.8 Å². The van der Waals surface area contributed by atoms with Crippen molar-refractivity contribution in [2.45, 2.75) is 32.9 Å². The molecule has 106 valence electrons. The van der Waals surface area contributed by atoms with E-state index in [1.807, 2.05) is 0 Å². The molecule has 3 nitrogen and oxygen atoms in total. The Hall–Kier alpha value is -0.780. The predicted molar refractivity (Wildman–Crippen MR) is 61.2 cm³/mol. The van der Waals surface area contributed by atoms with E-state index in [9.17, 15) is 18.0 Å². The molecule has 1 N–H and O–H groups in total. The summed E-state index contributed by atoms with van der Waals surface area (Å²) in [6, 6.07) is 0. The van der Waals surface area contributed by atoms with Crippen molar-refractivity contribution in [3.05, 3.63) is 0 Å². The first-order valence-corrected chi connectivity index (χ1v) is 6.23. The molecule has 0 bridgehead atoms. The van der Waals surface area contributed by atoms with Crippen LogP contribution in [0.4, 0.5) is 13.2 Å². The average molecular weight is 267 g/mol. The standard InChI is InChI=1S/C12H20F3NO2/c1-8(2)4-3-5-16-6-9(11(17)18)10(7-16)12(13,14)15/h8-10H,3-7H2,1-2H3,(H,17,18)/t9-,10-/m1/s1. The van der Waals surface area contributed by atoms with Crippen molar-refractivity contribution in [1.82, 2.24) is 4.90 Å². The molecule has 0 aliphatic carbocycles. The van der Waals surface area contributed by atoms with Gasteiger partial charge in [-0.05, 0) is 25.3 Å². The number of carbonyl (C=O) groups is 1. The van der Waals surface area contributed by atoms with Gasteiger partial charge in [0.25, 0.3) is 0 Å². The second-order valence-corrected chi connectivity index (χ2v) is 5.39. The van der Waals surface area contributed by atoms with Crippen molar-refractivity contribution in [3.63, 3.8) is 0 Å². The lowest BCUT2D eigenvalue weighted by molar-refractivity contribution is -0.188. The molecule has 0 saturated carbocycles. The second-order valence-electron chi connectivity index (χ2n) is 5.39. The zero-order valence-electron chi connectivity index (χ0n) is 10.7. The molecule has 2 atom stereocenters. The van der Waals surface area contributed by atoms with Gasteiger partial charge in [0, 0.05) is 13.1 Å². The predicted octanol–water partition coefficient (Wildman–Crippen LogP) is 2.62. The Bertz CT molecular complexity index is 292. The Kier molecular flexibility index (Phi) is 5.01. The van der Waals surface area contributed by atoms with E-state index >= 15 is 0 Å². The molecule has 18 heavy (non-hydrogen) atoms. The number of likely N-dealkylation sites (tertiary alicyclic amines) is 1. The maximum absolute atomic E-state index is 12.7. The summed E-state index contributed by atoms with van der Waals surface area (Å²) in [4.78, 5) is 12.5. The van der Waals surface area contributed by atoms with Crippen molar-refractivity contribution in [3.8, 4) is 0 Å². The number of alkyl halides is 3. The van der Waals surface area contributed by atoms with Crippen LogP contribution in [0.2, 0.25) is 0 Å². The highest BCUT2D eigenvalue weighted by molar-refractivity contribution is 5.71. The molecule has 0 unspecified atom stereocenters. The lowest BCUT2D eigenvalue weighted by Gasteiger charge is -2.18. The molecule has 0 aromatic carbocycles. The molecule has 1 heterocycles. The molecule has 0 radical (unpaired) electrons. The zero-order chi connectivity index (χ0) is 13.9. The minimum absolute atomic E-state index is 0.0115. The highest BCUT2D eigenvalue weighted by atomic mass is 19.4. The quantitative estimate of drug-likeness (QED) is 0.832. The van der Waals surface area contributed by atoms with Crippen LogP contribution in [0.15, 0.2) is 0 Å². The minimum atomic E-state index is -4.42. The summed E-state index contributed by atoms with van der Waals surface area (Å²) >= 11 is 0. The molecule has 0 aromatic rings. The Morgan fingerprint density at radius 2 is 2.00 bits per heavy atom. The van der Waals surface area contributed by atoms with Gasteiger partial charge in [0.15, 0.2) is 0 Å². The van der Waals surface area contributed by atoms with Crippen LogP contribution in [0.25, 0.3) is 0 Å². The van der Waals surface area contributed by atoms with Gasteiger partial charge in [0.1, 0.15) is 0 Å². The van der Waals surface area contributed by atoms with Gasteiger partial charge in [-0.2, -0.15) is 13.2 Å². The highest BCUT2D eigenvalue weighted by Gasteiger charge is 2.52. The van der Waals surface area contributed by atoms with Crippen LogP contribution >= 0.6 is 0 Å². The zero-order valence-corrected chi connectivity index (χ0v) is 10.7. The monoisotopic (exact) mass is 267 g/mol. The Morgan fingerprint density at radius 3 is 2.39 bits per heavy atom. The minimum Gasteiger partial charge on any atom is -0.481 e. The molecular formula is C12H20F3NO2. The van der Waals surface area contributed by atoms with E-state index in [0.29, 0.717) is 12.5 Å². The van der Waals surface area contributed by atoms with Crippen LogP contribution in [-0.4, -0.2) is 41.8 Å². The topological polar surface area (TPSA) is 40.5 Å². The van der Waals surface area contributed by atoms with Crippen LogP contribution in [0.1, 0.15) is 26.7 Å². The molecule has 0 aromatic heterocycles. The molecule has 0 amide bonds. The van der Waals surface area contributed by atoms with Gasteiger partial charge >= 0.3 is 12.1 Å². The normalized spacial score (nSPS) is 25.9. The Balaban J connectivity index is 2.54. The first-order chi connectivity index (χ1) is 8.21. The van der Waals surface area contributed by atoms with E-state index in [4.69, 9.17) is 5.11 Å². The smallest absolute Gasteiger partial charge is 0.393 e. The molecule has 1 rings (SSSR count). The van der Waals surface area contributed by atoms with Crippen LogP contribution in [0.3, 0.4) is 0 Å². The van der Waals surface area contributed by atoms with Crippen LogP contribution in [0.5, 0.6) is 0 Å². The van der Waals surface area contributed by atoms with Gasteiger partial charge in [0.05, 0.1) is 11.8 Å². The Labute approximate surface area is 105 Å². The third-order valence-electron chi connectivity index (χ3n) is 3.39. The maximum atomic E-state index is 12.7. The van der Waals surface area contributed by atoms with Gasteiger partial charge in [-0.3, -0.25) is 4.79 Å². The number of hydrogen-bond acceptors (Lipinski definition) is 2. The number of hydrogen-bond donors (Lipinski definition) is 1.